The number of hydrogen-bond acceptors (Lipinski definition) is 4. The molecule has 0 fully saturated rings. The Hall–Kier alpha value is -1.66. The van der Waals surface area contributed by atoms with Gasteiger partial charge in [-0.3, -0.25) is 9.78 Å². The minimum Gasteiger partial charge on any atom is -0.369 e. The van der Waals surface area contributed by atoms with Crippen LogP contribution in [0.3, 0.4) is 0 Å². The van der Waals surface area contributed by atoms with Crippen molar-refractivity contribution in [3.05, 3.63) is 45.8 Å². The molecule has 7 heteroatoms. The van der Waals surface area contributed by atoms with Gasteiger partial charge in [0.2, 0.25) is 0 Å². The Kier molecular flexibility index (Phi) is 5.52. The lowest BCUT2D eigenvalue weighted by atomic mass is 10.3. The molecule has 1 amide bonds. The van der Waals surface area contributed by atoms with Crippen LogP contribution in [-0.4, -0.2) is 22.4 Å². The van der Waals surface area contributed by atoms with Crippen molar-refractivity contribution in [1.29, 1.82) is 0 Å². The summed E-state index contributed by atoms with van der Waals surface area (Å²) < 4.78 is 0.633. The number of amides is 1. The molecular weight excluding hydrogens is 356 g/mol. The number of nitrogens with one attached hydrogen (secondary N) is 2. The Morgan fingerprint density at radius 3 is 2.95 bits per heavy atom. The molecular formula is C14H14BrClN4O. The lowest BCUT2D eigenvalue weighted by molar-refractivity contribution is 0.102. The molecule has 0 aliphatic rings. The standard InChI is InChI=1S/C14H14BrClN4O/c1-2-6-18-12-8-17-7-11(19-12)14(21)20-10-5-3-4-9(16)13(10)15/h3-5,7-8H,2,6H2,1H3,(H,18,19)(H,20,21). The van der Waals surface area contributed by atoms with Crippen LogP contribution in [0.25, 0.3) is 0 Å². The summed E-state index contributed by atoms with van der Waals surface area (Å²) in [6.07, 6.45) is 3.97. The summed E-state index contributed by atoms with van der Waals surface area (Å²) in [5, 5.41) is 6.37. The first-order valence-electron chi connectivity index (χ1n) is 6.43. The first-order chi connectivity index (χ1) is 10.1. The number of rotatable bonds is 5. The number of carbonyl (C=O) groups excluding carboxylic acids is 1. The van der Waals surface area contributed by atoms with E-state index < -0.39 is 0 Å². The highest BCUT2D eigenvalue weighted by Gasteiger charge is 2.12. The first kappa shape index (κ1) is 15.7. The van der Waals surface area contributed by atoms with E-state index >= 15 is 0 Å². The molecule has 0 aliphatic heterocycles. The minimum absolute atomic E-state index is 0.239. The number of nitrogens with zero attached hydrogens (tertiary/aromatic N) is 2. The van der Waals surface area contributed by atoms with Crippen LogP contribution < -0.4 is 10.6 Å². The molecule has 21 heavy (non-hydrogen) atoms. The maximum atomic E-state index is 12.2. The van der Waals surface area contributed by atoms with Gasteiger partial charge in [0.1, 0.15) is 11.5 Å². The molecule has 1 aromatic heterocycles. The summed E-state index contributed by atoms with van der Waals surface area (Å²) >= 11 is 9.32. The second-order valence-corrected chi connectivity index (χ2v) is 5.47. The predicted octanol–water partition coefficient (Wildman–Crippen LogP) is 3.97. The van der Waals surface area contributed by atoms with E-state index in [4.69, 9.17) is 11.6 Å². The molecule has 5 nitrogen and oxygen atoms in total. The summed E-state index contributed by atoms with van der Waals surface area (Å²) in [5.41, 5.74) is 0.823. The van der Waals surface area contributed by atoms with Gasteiger partial charge < -0.3 is 10.6 Å². The zero-order chi connectivity index (χ0) is 15.2. The molecule has 1 aromatic carbocycles. The molecule has 0 aliphatic carbocycles. The highest BCUT2D eigenvalue weighted by molar-refractivity contribution is 9.10. The van der Waals surface area contributed by atoms with E-state index in [0.29, 0.717) is 21.0 Å². The summed E-state index contributed by atoms with van der Waals surface area (Å²) in [5.74, 6) is 0.236. The first-order valence-corrected chi connectivity index (χ1v) is 7.60. The summed E-state index contributed by atoms with van der Waals surface area (Å²) in [6.45, 7) is 2.83. The Bertz CT molecular complexity index is 651. The zero-order valence-electron chi connectivity index (χ0n) is 11.4. The third kappa shape index (κ3) is 4.15. The van der Waals surface area contributed by atoms with Gasteiger partial charge in [-0.25, -0.2) is 4.98 Å². The highest BCUT2D eigenvalue weighted by Crippen LogP contribution is 2.30. The number of aromatic nitrogens is 2. The third-order valence-corrected chi connectivity index (χ3v) is 4.02. The lowest BCUT2D eigenvalue weighted by Gasteiger charge is -2.09. The fourth-order valence-electron chi connectivity index (χ4n) is 1.60. The maximum absolute atomic E-state index is 12.2. The Morgan fingerprint density at radius 1 is 1.38 bits per heavy atom. The predicted molar refractivity (Wildman–Crippen MR) is 87.9 cm³/mol. The fourth-order valence-corrected chi connectivity index (χ4v) is 2.14. The molecule has 110 valence electrons. The quantitative estimate of drug-likeness (QED) is 0.837. The van der Waals surface area contributed by atoms with E-state index in [1.54, 1.807) is 24.4 Å². The average Bonchev–Trinajstić information content (AvgIpc) is 2.50. The molecule has 0 saturated carbocycles. The molecule has 2 rings (SSSR count). The Balaban J connectivity index is 2.15. The Morgan fingerprint density at radius 2 is 2.19 bits per heavy atom. The number of benzene rings is 1. The zero-order valence-corrected chi connectivity index (χ0v) is 13.7. The van der Waals surface area contributed by atoms with E-state index in [-0.39, 0.29) is 11.6 Å². The van der Waals surface area contributed by atoms with Gasteiger partial charge in [-0.1, -0.05) is 24.6 Å². The molecule has 0 atom stereocenters. The van der Waals surface area contributed by atoms with Crippen molar-refractivity contribution >= 4 is 44.9 Å². The Labute approximate surface area is 136 Å². The molecule has 2 aromatic rings. The summed E-state index contributed by atoms with van der Waals surface area (Å²) in [7, 11) is 0. The second-order valence-electron chi connectivity index (χ2n) is 4.27. The monoisotopic (exact) mass is 368 g/mol. The molecule has 0 unspecified atom stereocenters. The third-order valence-electron chi connectivity index (χ3n) is 2.62. The van der Waals surface area contributed by atoms with Gasteiger partial charge in [0.15, 0.2) is 0 Å². The van der Waals surface area contributed by atoms with Crippen molar-refractivity contribution in [2.24, 2.45) is 0 Å². The van der Waals surface area contributed by atoms with Crippen molar-refractivity contribution < 1.29 is 4.79 Å². The number of carbonyl (C=O) groups is 1. The average molecular weight is 370 g/mol. The van der Waals surface area contributed by atoms with Gasteiger partial charge in [0.05, 0.1) is 27.6 Å². The van der Waals surface area contributed by atoms with Crippen LogP contribution in [0, 0.1) is 0 Å². The van der Waals surface area contributed by atoms with E-state index in [9.17, 15) is 4.79 Å². The van der Waals surface area contributed by atoms with Crippen LogP contribution in [0.4, 0.5) is 11.5 Å². The maximum Gasteiger partial charge on any atom is 0.275 e. The number of anilines is 2. The van der Waals surface area contributed by atoms with E-state index in [1.165, 1.54) is 6.20 Å². The largest absolute Gasteiger partial charge is 0.369 e. The molecule has 0 saturated heterocycles. The molecule has 0 spiro atoms. The van der Waals surface area contributed by atoms with Crippen molar-refractivity contribution in [2.75, 3.05) is 17.2 Å². The lowest BCUT2D eigenvalue weighted by Crippen LogP contribution is -2.15. The van der Waals surface area contributed by atoms with Gasteiger partial charge in [-0.2, -0.15) is 0 Å². The number of halogens is 2. The topological polar surface area (TPSA) is 66.9 Å². The van der Waals surface area contributed by atoms with Crippen LogP contribution >= 0.6 is 27.5 Å². The van der Waals surface area contributed by atoms with E-state index in [1.807, 2.05) is 6.92 Å². The summed E-state index contributed by atoms with van der Waals surface area (Å²) in [4.78, 5) is 20.4. The van der Waals surface area contributed by atoms with Crippen molar-refractivity contribution in [3.63, 3.8) is 0 Å². The SMILES string of the molecule is CCCNc1cncc(C(=O)Nc2cccc(Cl)c2Br)n1. The summed E-state index contributed by atoms with van der Waals surface area (Å²) in [6, 6.07) is 5.24. The molecule has 0 bridgehead atoms. The van der Waals surface area contributed by atoms with Gasteiger partial charge in [-0.05, 0) is 34.5 Å². The smallest absolute Gasteiger partial charge is 0.275 e. The van der Waals surface area contributed by atoms with Crippen LogP contribution in [-0.2, 0) is 0 Å². The van der Waals surface area contributed by atoms with Crippen LogP contribution in [0.1, 0.15) is 23.8 Å². The van der Waals surface area contributed by atoms with Crippen LogP contribution in [0.15, 0.2) is 35.1 Å². The normalized spacial score (nSPS) is 10.2. The molecule has 2 N–H and O–H groups in total. The number of hydrogen-bond donors (Lipinski definition) is 2. The molecule has 0 radical (unpaired) electrons. The van der Waals surface area contributed by atoms with E-state index in [0.717, 1.165) is 13.0 Å². The fraction of sp³-hybridized carbons (Fsp3) is 0.214. The van der Waals surface area contributed by atoms with Gasteiger partial charge >= 0.3 is 0 Å². The highest BCUT2D eigenvalue weighted by atomic mass is 79.9. The van der Waals surface area contributed by atoms with E-state index in [2.05, 4.69) is 36.5 Å². The van der Waals surface area contributed by atoms with Gasteiger partial charge in [0.25, 0.3) is 5.91 Å². The molecule has 1 heterocycles. The minimum atomic E-state index is -0.342. The van der Waals surface area contributed by atoms with Crippen molar-refractivity contribution in [1.82, 2.24) is 9.97 Å². The van der Waals surface area contributed by atoms with Crippen LogP contribution in [0.2, 0.25) is 5.02 Å². The van der Waals surface area contributed by atoms with Gasteiger partial charge in [0, 0.05) is 6.54 Å². The van der Waals surface area contributed by atoms with Gasteiger partial charge in [-0.15, -0.1) is 0 Å². The van der Waals surface area contributed by atoms with Crippen molar-refractivity contribution in [2.45, 2.75) is 13.3 Å². The second kappa shape index (κ2) is 7.38. The van der Waals surface area contributed by atoms with Crippen molar-refractivity contribution in [3.8, 4) is 0 Å². The van der Waals surface area contributed by atoms with Crippen LogP contribution in [0.5, 0.6) is 0 Å².